The monoisotopic (exact) mass is 243 g/mol. The van der Waals surface area contributed by atoms with E-state index in [-0.39, 0.29) is 0 Å². The SMILES string of the molecule is Cc1cc(N(C)CCN)ncc1Br. The van der Waals surface area contributed by atoms with E-state index < -0.39 is 0 Å². The molecule has 13 heavy (non-hydrogen) atoms. The molecule has 1 heterocycles. The standard InChI is InChI=1S/C9H14BrN3/c1-7-5-9(12-6-8(7)10)13(2)4-3-11/h5-6H,3-4,11H2,1-2H3. The summed E-state index contributed by atoms with van der Waals surface area (Å²) in [4.78, 5) is 6.32. The fourth-order valence-corrected chi connectivity index (χ4v) is 1.26. The zero-order valence-corrected chi connectivity index (χ0v) is 9.50. The van der Waals surface area contributed by atoms with Crippen molar-refractivity contribution in [2.75, 3.05) is 25.0 Å². The van der Waals surface area contributed by atoms with E-state index in [1.165, 1.54) is 5.56 Å². The number of rotatable bonds is 3. The largest absolute Gasteiger partial charge is 0.358 e. The van der Waals surface area contributed by atoms with Crippen molar-refractivity contribution < 1.29 is 0 Å². The first-order chi connectivity index (χ1) is 6.15. The first-order valence-corrected chi connectivity index (χ1v) is 4.98. The zero-order valence-electron chi connectivity index (χ0n) is 7.92. The van der Waals surface area contributed by atoms with Crippen LogP contribution in [0.4, 0.5) is 5.82 Å². The number of pyridine rings is 1. The van der Waals surface area contributed by atoms with Crippen LogP contribution in [0.25, 0.3) is 0 Å². The van der Waals surface area contributed by atoms with Gasteiger partial charge >= 0.3 is 0 Å². The molecule has 72 valence electrons. The van der Waals surface area contributed by atoms with E-state index in [2.05, 4.69) is 20.9 Å². The van der Waals surface area contributed by atoms with Gasteiger partial charge in [0.25, 0.3) is 0 Å². The molecule has 0 bridgehead atoms. The van der Waals surface area contributed by atoms with Gasteiger partial charge in [-0.2, -0.15) is 0 Å². The number of nitrogens with two attached hydrogens (primary N) is 1. The van der Waals surface area contributed by atoms with E-state index in [9.17, 15) is 0 Å². The summed E-state index contributed by atoms with van der Waals surface area (Å²) >= 11 is 3.41. The Morgan fingerprint density at radius 2 is 2.31 bits per heavy atom. The lowest BCUT2D eigenvalue weighted by Crippen LogP contribution is -2.25. The van der Waals surface area contributed by atoms with Crippen LogP contribution in [0, 0.1) is 6.92 Å². The molecule has 1 aromatic rings. The Balaban J connectivity index is 2.84. The van der Waals surface area contributed by atoms with Crippen LogP contribution >= 0.6 is 15.9 Å². The van der Waals surface area contributed by atoms with Crippen LogP contribution in [-0.4, -0.2) is 25.1 Å². The summed E-state index contributed by atoms with van der Waals surface area (Å²) in [5.74, 6) is 0.964. The van der Waals surface area contributed by atoms with Crippen LogP contribution in [0.2, 0.25) is 0 Å². The molecule has 0 aliphatic rings. The first kappa shape index (κ1) is 10.5. The van der Waals surface area contributed by atoms with Gasteiger partial charge < -0.3 is 10.6 Å². The maximum atomic E-state index is 5.46. The van der Waals surface area contributed by atoms with E-state index in [1.807, 2.05) is 31.1 Å². The summed E-state index contributed by atoms with van der Waals surface area (Å²) in [5.41, 5.74) is 6.64. The van der Waals surface area contributed by atoms with Gasteiger partial charge in [-0.15, -0.1) is 0 Å². The van der Waals surface area contributed by atoms with Crippen molar-refractivity contribution in [2.24, 2.45) is 5.73 Å². The average Bonchev–Trinajstić information content (AvgIpc) is 2.10. The zero-order chi connectivity index (χ0) is 9.84. The molecule has 0 radical (unpaired) electrons. The molecule has 0 saturated heterocycles. The highest BCUT2D eigenvalue weighted by atomic mass is 79.9. The maximum absolute atomic E-state index is 5.46. The van der Waals surface area contributed by atoms with Gasteiger partial charge in [0.15, 0.2) is 0 Å². The lowest BCUT2D eigenvalue weighted by atomic mass is 10.3. The molecule has 0 aliphatic carbocycles. The van der Waals surface area contributed by atoms with E-state index in [1.54, 1.807) is 0 Å². The average molecular weight is 244 g/mol. The summed E-state index contributed by atoms with van der Waals surface area (Å²) in [6, 6.07) is 2.04. The van der Waals surface area contributed by atoms with Gasteiger partial charge in [0, 0.05) is 30.8 Å². The van der Waals surface area contributed by atoms with Crippen molar-refractivity contribution in [3.8, 4) is 0 Å². The van der Waals surface area contributed by atoms with Crippen LogP contribution in [0.1, 0.15) is 5.56 Å². The third-order valence-electron chi connectivity index (χ3n) is 1.89. The lowest BCUT2D eigenvalue weighted by Gasteiger charge is -2.17. The smallest absolute Gasteiger partial charge is 0.128 e. The quantitative estimate of drug-likeness (QED) is 0.877. The summed E-state index contributed by atoms with van der Waals surface area (Å²) in [5, 5.41) is 0. The first-order valence-electron chi connectivity index (χ1n) is 4.18. The molecule has 0 fully saturated rings. The third-order valence-corrected chi connectivity index (χ3v) is 2.72. The van der Waals surface area contributed by atoms with Crippen LogP contribution in [0.5, 0.6) is 0 Å². The molecule has 3 nitrogen and oxygen atoms in total. The number of likely N-dealkylation sites (N-methyl/N-ethyl adjacent to an activating group) is 1. The molecule has 0 saturated carbocycles. The number of hydrogen-bond acceptors (Lipinski definition) is 3. The van der Waals surface area contributed by atoms with Crippen LogP contribution in [-0.2, 0) is 0 Å². The highest BCUT2D eigenvalue weighted by Gasteiger charge is 2.02. The van der Waals surface area contributed by atoms with Gasteiger partial charge in [-0.3, -0.25) is 0 Å². The molecule has 0 amide bonds. The van der Waals surface area contributed by atoms with Gasteiger partial charge in [0.05, 0.1) is 0 Å². The number of aryl methyl sites for hydroxylation is 1. The van der Waals surface area contributed by atoms with Gasteiger partial charge in [0.2, 0.25) is 0 Å². The minimum Gasteiger partial charge on any atom is -0.358 e. The summed E-state index contributed by atoms with van der Waals surface area (Å²) in [6.45, 7) is 3.52. The van der Waals surface area contributed by atoms with Crippen LogP contribution in [0.15, 0.2) is 16.7 Å². The Morgan fingerprint density at radius 3 is 2.85 bits per heavy atom. The Kier molecular flexibility index (Phi) is 3.69. The van der Waals surface area contributed by atoms with Gasteiger partial charge in [0.1, 0.15) is 5.82 Å². The number of halogens is 1. The van der Waals surface area contributed by atoms with E-state index in [0.29, 0.717) is 6.54 Å². The summed E-state index contributed by atoms with van der Waals surface area (Å²) in [7, 11) is 1.99. The molecule has 0 unspecified atom stereocenters. The molecule has 1 rings (SSSR count). The number of hydrogen-bond donors (Lipinski definition) is 1. The molecule has 0 aromatic carbocycles. The Hall–Kier alpha value is -0.610. The topological polar surface area (TPSA) is 42.1 Å². The molecule has 0 aliphatic heterocycles. The Morgan fingerprint density at radius 1 is 1.62 bits per heavy atom. The third kappa shape index (κ3) is 2.67. The van der Waals surface area contributed by atoms with Gasteiger partial charge in [-0.05, 0) is 34.5 Å². The molecule has 0 atom stereocenters. The number of nitrogens with zero attached hydrogens (tertiary/aromatic N) is 2. The Bertz CT molecular complexity index is 288. The summed E-state index contributed by atoms with van der Waals surface area (Å²) < 4.78 is 1.04. The van der Waals surface area contributed by atoms with Crippen molar-refractivity contribution in [2.45, 2.75) is 6.92 Å². The molecular formula is C9H14BrN3. The predicted octanol–water partition coefficient (Wildman–Crippen LogP) is 1.55. The lowest BCUT2D eigenvalue weighted by molar-refractivity contribution is 0.867. The molecule has 0 spiro atoms. The van der Waals surface area contributed by atoms with Crippen LogP contribution in [0.3, 0.4) is 0 Å². The van der Waals surface area contributed by atoms with Gasteiger partial charge in [-0.25, -0.2) is 4.98 Å². The second-order valence-electron chi connectivity index (χ2n) is 3.00. The minimum absolute atomic E-state index is 0.646. The van der Waals surface area contributed by atoms with Crippen molar-refractivity contribution in [1.29, 1.82) is 0 Å². The molecular weight excluding hydrogens is 230 g/mol. The normalized spacial score (nSPS) is 10.2. The van der Waals surface area contributed by atoms with E-state index in [0.717, 1.165) is 16.8 Å². The van der Waals surface area contributed by atoms with Crippen molar-refractivity contribution in [3.05, 3.63) is 22.3 Å². The second kappa shape index (κ2) is 4.58. The van der Waals surface area contributed by atoms with Crippen molar-refractivity contribution in [3.63, 3.8) is 0 Å². The maximum Gasteiger partial charge on any atom is 0.128 e. The summed E-state index contributed by atoms with van der Waals surface area (Å²) in [6.07, 6.45) is 1.82. The predicted molar refractivity (Wildman–Crippen MR) is 59.0 cm³/mol. The van der Waals surface area contributed by atoms with Gasteiger partial charge in [-0.1, -0.05) is 0 Å². The number of anilines is 1. The number of aromatic nitrogens is 1. The second-order valence-corrected chi connectivity index (χ2v) is 3.86. The fourth-order valence-electron chi connectivity index (χ4n) is 1.04. The van der Waals surface area contributed by atoms with Crippen molar-refractivity contribution >= 4 is 21.7 Å². The molecule has 2 N–H and O–H groups in total. The Labute approximate surface area is 87.1 Å². The van der Waals surface area contributed by atoms with E-state index >= 15 is 0 Å². The highest BCUT2D eigenvalue weighted by Crippen LogP contribution is 2.18. The van der Waals surface area contributed by atoms with E-state index in [4.69, 9.17) is 5.73 Å². The fraction of sp³-hybridized carbons (Fsp3) is 0.444. The highest BCUT2D eigenvalue weighted by molar-refractivity contribution is 9.10. The van der Waals surface area contributed by atoms with Crippen molar-refractivity contribution in [1.82, 2.24) is 4.98 Å². The molecule has 4 heteroatoms. The molecule has 1 aromatic heterocycles. The minimum atomic E-state index is 0.646. The van der Waals surface area contributed by atoms with Crippen LogP contribution < -0.4 is 10.6 Å².